The smallest absolute Gasteiger partial charge is 0.410 e. The SMILES string of the molecule is COc1ccc(N(CCCN2C(=O)O[C@]3(C)[C@@H](I)OC(=O)[C@H](C)[C@@H](O[C@H]4C[C@@](C)(OC)[C@@H](OC(C)=O)[C@H](C)O4)[C@H](C)[C@@H](O[C@@H]4O[C@H](C)C[C@H](N(C)C(=O)N5CCOCC5)[C@H]4OC(C)=O)[C@](C)(OC)C[C@@H](C)C(=O)[C@H](C)[C@@H]23)Cc2c(Cl)cncc2Cl)cc1OC1CCCC1. The van der Waals surface area contributed by atoms with Gasteiger partial charge in [0.05, 0.1) is 84.5 Å². The molecule has 8 rings (SSSR count). The van der Waals surface area contributed by atoms with Crippen LogP contribution in [0.4, 0.5) is 15.3 Å². The summed E-state index contributed by atoms with van der Waals surface area (Å²) in [6, 6.07) is 3.65. The maximum absolute atomic E-state index is 15.7. The van der Waals surface area contributed by atoms with Gasteiger partial charge in [-0.25, -0.2) is 9.59 Å². The van der Waals surface area contributed by atoms with Gasteiger partial charge in [-0.15, -0.1) is 0 Å². The molecular formula is C66H96Cl2IN5O19. The Morgan fingerprint density at radius 1 is 0.817 bits per heavy atom. The van der Waals surface area contributed by atoms with Crippen LogP contribution in [0, 0.1) is 23.7 Å². The number of benzene rings is 1. The van der Waals surface area contributed by atoms with E-state index in [2.05, 4.69) is 9.88 Å². The minimum Gasteiger partial charge on any atom is -0.493 e. The lowest BCUT2D eigenvalue weighted by atomic mass is 9.74. The molecule has 5 saturated heterocycles. The molecule has 24 nitrogen and oxygen atoms in total. The zero-order valence-corrected chi connectivity index (χ0v) is 60.0. The van der Waals surface area contributed by atoms with Gasteiger partial charge in [0.2, 0.25) is 0 Å². The number of urea groups is 1. The van der Waals surface area contributed by atoms with Gasteiger partial charge in [-0.05, 0) is 121 Å². The molecule has 27 heteroatoms. The molecule has 2 aromatic rings. The van der Waals surface area contributed by atoms with Gasteiger partial charge in [-0.3, -0.25) is 24.2 Å². The number of carbonyl (C=O) groups is 6. The number of carbonyl (C=O) groups excluding carboxylic acids is 6. The second-order valence-electron chi connectivity index (χ2n) is 26.5. The van der Waals surface area contributed by atoms with E-state index in [0.29, 0.717) is 66.4 Å². The van der Waals surface area contributed by atoms with E-state index in [9.17, 15) is 19.2 Å². The number of amides is 3. The van der Waals surface area contributed by atoms with E-state index in [1.165, 1.54) is 40.5 Å². The van der Waals surface area contributed by atoms with E-state index in [1.807, 2.05) is 54.6 Å². The van der Waals surface area contributed by atoms with Gasteiger partial charge in [-0.2, -0.15) is 0 Å². The Kier molecular flexibility index (Phi) is 25.3. The van der Waals surface area contributed by atoms with Crippen molar-refractivity contribution in [1.29, 1.82) is 0 Å². The first-order valence-electron chi connectivity index (χ1n) is 32.4. The van der Waals surface area contributed by atoms with Crippen LogP contribution >= 0.6 is 45.8 Å². The molecule has 5 aliphatic heterocycles. The normalized spacial score (nSPS) is 34.8. The van der Waals surface area contributed by atoms with Crippen molar-refractivity contribution in [1.82, 2.24) is 19.7 Å². The average Bonchev–Trinajstić information content (AvgIpc) is 1.76. The fourth-order valence-electron chi connectivity index (χ4n) is 14.6. The van der Waals surface area contributed by atoms with Crippen LogP contribution in [0.2, 0.25) is 10.0 Å². The Balaban J connectivity index is 1.17. The first-order chi connectivity index (χ1) is 44.0. The minimum absolute atomic E-state index is 0.00927. The number of anilines is 1. The van der Waals surface area contributed by atoms with Gasteiger partial charge >= 0.3 is 30.0 Å². The molecule has 1 aromatic carbocycles. The zero-order chi connectivity index (χ0) is 68.0. The summed E-state index contributed by atoms with van der Waals surface area (Å²) >= 11 is 15.5. The molecule has 6 fully saturated rings. The van der Waals surface area contributed by atoms with Gasteiger partial charge < -0.3 is 81.2 Å². The fourth-order valence-corrected chi connectivity index (χ4v) is 15.8. The lowest BCUT2D eigenvalue weighted by Crippen LogP contribution is -2.63. The zero-order valence-electron chi connectivity index (χ0n) is 56.4. The largest absolute Gasteiger partial charge is 0.493 e. The number of hydrogen-bond acceptors (Lipinski definition) is 21. The molecule has 93 heavy (non-hydrogen) atoms. The van der Waals surface area contributed by atoms with Crippen molar-refractivity contribution >= 4 is 87.3 Å². The maximum Gasteiger partial charge on any atom is 0.410 e. The number of aromatic nitrogens is 1. The molecule has 0 radical (unpaired) electrons. The van der Waals surface area contributed by atoms with Gasteiger partial charge in [0, 0.05) is 122 Å². The molecule has 0 spiro atoms. The third-order valence-corrected chi connectivity index (χ3v) is 21.8. The summed E-state index contributed by atoms with van der Waals surface area (Å²) in [6.45, 7) is 20.5. The summed E-state index contributed by atoms with van der Waals surface area (Å²) < 4.78 is 81.8. The third-order valence-electron chi connectivity index (χ3n) is 19.7. The Morgan fingerprint density at radius 3 is 2.09 bits per heavy atom. The molecule has 3 amide bonds. The first kappa shape index (κ1) is 74.2. The number of likely N-dealkylation sites (N-methyl/N-ethyl adjacent to an activating group) is 1. The van der Waals surface area contributed by atoms with E-state index < -0.39 is 130 Å². The van der Waals surface area contributed by atoms with Gasteiger partial charge in [0.15, 0.2) is 46.0 Å². The van der Waals surface area contributed by atoms with Crippen LogP contribution in [0.1, 0.15) is 133 Å². The molecular weight excluding hydrogens is 1360 g/mol. The third kappa shape index (κ3) is 16.9. The molecule has 1 aliphatic carbocycles. The van der Waals surface area contributed by atoms with Crippen molar-refractivity contribution in [2.24, 2.45) is 23.7 Å². The lowest BCUT2D eigenvalue weighted by Gasteiger charge is -2.50. The standard InChI is InChI=1S/C66H96Cl2IN5O19/c1-36-31-64(9,82-14)57(91-60-55(87-42(7)75)49(29-37(2)85-60)71(12)62(79)72-25-27-84-28-26-72)39(4)54(90-52-32-65(10,83-15)58(41(6)86-52)88-43(8)76)40(5)59(78)92-61(69)66(11)56(38(3)53(36)77)74(63(80)93-66)24-18-23-73(35-46-47(67)33-70-34-48(46)68)44-21-22-50(81-13)51(30-44)89-45-19-16-17-20-45/h21-22,30,33-34,36-41,45,49,52,54-58,60-61H,16-20,23-29,31-32,35H2,1-15H3/t36-,37-,38+,39+,40-,41+,49+,52+,54+,55-,56-,57-,58+,60+,61+,64-,65-,66+/m1/s1. The second kappa shape index (κ2) is 31.7. The number of halogens is 3. The number of Topliss-reactive ketones (excluding diaryl/α,β-unsaturated/α-hetero) is 1. The molecule has 0 unspecified atom stereocenters. The number of hydrogen-bond donors (Lipinski definition) is 0. The fraction of sp³-hybridized carbons (Fsp3) is 0.742. The molecule has 6 aliphatic rings. The quantitative estimate of drug-likeness (QED) is 0.0549. The van der Waals surface area contributed by atoms with Crippen molar-refractivity contribution in [3.8, 4) is 11.5 Å². The summed E-state index contributed by atoms with van der Waals surface area (Å²) in [5.74, 6) is -4.92. The van der Waals surface area contributed by atoms with Crippen LogP contribution in [-0.4, -0.2) is 212 Å². The highest BCUT2D eigenvalue weighted by molar-refractivity contribution is 14.1. The topological polar surface area (TPSA) is 248 Å². The lowest BCUT2D eigenvalue weighted by molar-refractivity contribution is -0.320. The Labute approximate surface area is 570 Å². The number of nitrogens with zero attached hydrogens (tertiary/aromatic N) is 5. The molecule has 1 saturated carbocycles. The molecule has 0 bridgehead atoms. The van der Waals surface area contributed by atoms with E-state index in [0.717, 1.165) is 31.4 Å². The van der Waals surface area contributed by atoms with Gasteiger partial charge in [-0.1, -0.05) is 44.0 Å². The highest BCUT2D eigenvalue weighted by atomic mass is 127. The number of ether oxygens (including phenoxy) is 13. The second-order valence-corrected chi connectivity index (χ2v) is 28.4. The number of morpholine rings is 1. The number of fused-ring (bicyclic) bond motifs is 1. The summed E-state index contributed by atoms with van der Waals surface area (Å²) in [5.41, 5.74) is -2.84. The number of cyclic esters (lactones) is 1. The van der Waals surface area contributed by atoms with Crippen LogP contribution in [0.5, 0.6) is 11.5 Å². The number of esters is 3. The Morgan fingerprint density at radius 2 is 1.46 bits per heavy atom. The summed E-state index contributed by atoms with van der Waals surface area (Å²) in [6.07, 6.45) is -1.25. The first-order valence-corrected chi connectivity index (χ1v) is 34.4. The Hall–Kier alpha value is -4.58. The Bertz CT molecular complexity index is 2930. The number of methoxy groups -OCH3 is 3. The van der Waals surface area contributed by atoms with Crippen molar-refractivity contribution in [2.75, 3.05) is 72.7 Å². The summed E-state index contributed by atoms with van der Waals surface area (Å²) in [7, 11) is 6.25. The molecule has 6 heterocycles. The van der Waals surface area contributed by atoms with Crippen LogP contribution in [0.3, 0.4) is 0 Å². The minimum atomic E-state index is -1.62. The predicted octanol–water partition coefficient (Wildman–Crippen LogP) is 9.98. The van der Waals surface area contributed by atoms with Crippen LogP contribution < -0.4 is 14.4 Å². The van der Waals surface area contributed by atoms with Crippen molar-refractivity contribution in [2.45, 2.75) is 222 Å². The van der Waals surface area contributed by atoms with E-state index >= 15 is 9.59 Å². The number of alkyl halides is 1. The van der Waals surface area contributed by atoms with Crippen molar-refractivity contribution in [3.63, 3.8) is 0 Å². The number of pyridine rings is 1. The molecule has 18 atom stereocenters. The van der Waals surface area contributed by atoms with Crippen LogP contribution in [0.25, 0.3) is 0 Å². The maximum atomic E-state index is 15.7. The molecule has 0 N–H and O–H groups in total. The highest BCUT2D eigenvalue weighted by Gasteiger charge is 2.61. The number of rotatable bonds is 19. The summed E-state index contributed by atoms with van der Waals surface area (Å²) in [5, 5.41) is 0.737. The van der Waals surface area contributed by atoms with Crippen LogP contribution in [0.15, 0.2) is 30.6 Å². The summed E-state index contributed by atoms with van der Waals surface area (Å²) in [4.78, 5) is 96.9. The average molecular weight is 1460 g/mol. The van der Waals surface area contributed by atoms with Crippen molar-refractivity contribution in [3.05, 3.63) is 46.2 Å². The number of ketones is 1. The van der Waals surface area contributed by atoms with E-state index in [4.69, 9.17) is 84.8 Å². The van der Waals surface area contributed by atoms with Crippen molar-refractivity contribution < 1.29 is 90.3 Å². The monoisotopic (exact) mass is 1460 g/mol. The molecule has 1 aromatic heterocycles. The molecule has 520 valence electrons. The van der Waals surface area contributed by atoms with E-state index in [-0.39, 0.29) is 50.3 Å². The highest BCUT2D eigenvalue weighted by Crippen LogP contribution is 2.47. The van der Waals surface area contributed by atoms with Gasteiger partial charge in [0.25, 0.3) is 0 Å². The van der Waals surface area contributed by atoms with Gasteiger partial charge in [0.1, 0.15) is 11.4 Å². The predicted molar refractivity (Wildman–Crippen MR) is 350 cm³/mol. The van der Waals surface area contributed by atoms with E-state index in [1.54, 1.807) is 77.3 Å². The van der Waals surface area contributed by atoms with Crippen LogP contribution in [-0.2, 0) is 77.8 Å².